The highest BCUT2D eigenvalue weighted by Gasteiger charge is 2.28. The van der Waals surface area contributed by atoms with Gasteiger partial charge in [-0.3, -0.25) is 0 Å². The third-order valence-corrected chi connectivity index (χ3v) is 6.96. The summed E-state index contributed by atoms with van der Waals surface area (Å²) in [5, 5.41) is 4.46. The molecule has 0 spiro atoms. The number of nitrogens with zero attached hydrogens (tertiary/aromatic N) is 1. The molecule has 0 unspecified atom stereocenters. The zero-order valence-corrected chi connectivity index (χ0v) is 20.7. The Bertz CT molecular complexity index is 1740. The van der Waals surface area contributed by atoms with E-state index in [1.807, 2.05) is 18.2 Å². The van der Waals surface area contributed by atoms with Gasteiger partial charge in [0.05, 0.1) is 10.9 Å². The van der Waals surface area contributed by atoms with E-state index in [1.165, 1.54) is 27.8 Å². The van der Waals surface area contributed by atoms with Crippen LogP contribution in [0.15, 0.2) is 69.6 Å². The minimum absolute atomic E-state index is 0.205. The van der Waals surface area contributed by atoms with Crippen LogP contribution in [0.4, 0.5) is 0 Å². The topological polar surface area (TPSA) is 30.2 Å². The minimum Gasteiger partial charge on any atom is -0.455 e. The van der Waals surface area contributed by atoms with Gasteiger partial charge in [-0.25, -0.2) is 4.57 Å². The Morgan fingerprint density at radius 2 is 1.38 bits per heavy atom. The van der Waals surface area contributed by atoms with Crippen molar-refractivity contribution in [3.05, 3.63) is 77.5 Å². The zero-order chi connectivity index (χ0) is 23.8. The number of benzene rings is 3. The third-order valence-electron chi connectivity index (χ3n) is 6.96. The van der Waals surface area contributed by atoms with Crippen LogP contribution in [0.2, 0.25) is 0 Å². The molecule has 0 amide bonds. The molecule has 6 aromatic rings. The largest absolute Gasteiger partial charge is 0.455 e. The molecule has 0 radical (unpaired) electrons. The molecule has 0 saturated heterocycles. The summed E-state index contributed by atoms with van der Waals surface area (Å²) in [7, 11) is 2.13. The van der Waals surface area contributed by atoms with Gasteiger partial charge >= 0.3 is 0 Å². The van der Waals surface area contributed by atoms with E-state index in [1.54, 1.807) is 0 Å². The van der Waals surface area contributed by atoms with Gasteiger partial charge in [0.15, 0.2) is 11.8 Å². The fraction of sp³-hybridized carbons (Fsp3) is 0.258. The van der Waals surface area contributed by atoms with Crippen LogP contribution in [0.25, 0.3) is 55.1 Å². The number of pyridine rings is 1. The van der Waals surface area contributed by atoms with E-state index >= 15 is 0 Å². The molecule has 3 aromatic carbocycles. The van der Waals surface area contributed by atoms with E-state index in [0.29, 0.717) is 0 Å². The molecule has 34 heavy (non-hydrogen) atoms. The van der Waals surface area contributed by atoms with Crippen molar-refractivity contribution in [3.63, 3.8) is 0 Å². The molecule has 0 bridgehead atoms. The number of furan rings is 2. The molecular weight excluding hydrogens is 418 g/mol. The first-order valence-corrected chi connectivity index (χ1v) is 12.0. The molecule has 3 heterocycles. The van der Waals surface area contributed by atoms with Gasteiger partial charge in [-0.2, -0.15) is 0 Å². The van der Waals surface area contributed by atoms with E-state index in [0.717, 1.165) is 50.5 Å². The highest BCUT2D eigenvalue weighted by Crippen LogP contribution is 2.46. The lowest BCUT2D eigenvalue weighted by atomic mass is 9.86. The smallest absolute Gasteiger partial charge is 0.216 e. The number of hydrogen-bond acceptors (Lipinski definition) is 2. The summed E-state index contributed by atoms with van der Waals surface area (Å²) in [6, 6.07) is 19.0. The lowest BCUT2D eigenvalue weighted by Crippen LogP contribution is -2.32. The van der Waals surface area contributed by atoms with Gasteiger partial charge < -0.3 is 8.83 Å². The second kappa shape index (κ2) is 7.20. The van der Waals surface area contributed by atoms with Gasteiger partial charge in [-0.05, 0) is 48.9 Å². The fourth-order valence-corrected chi connectivity index (χ4v) is 5.48. The molecule has 0 aliphatic carbocycles. The Balaban J connectivity index is 1.81. The van der Waals surface area contributed by atoms with Crippen LogP contribution in [-0.2, 0) is 13.5 Å². The maximum atomic E-state index is 6.58. The SMILES string of the molecule is Cc1c[n+](C)c(-c2c(C)c3c4ccccc4oc3c3c2oc2ccccc23)cc1CC(C)(C)C. The maximum absolute atomic E-state index is 6.58. The summed E-state index contributed by atoms with van der Waals surface area (Å²) in [4.78, 5) is 0. The molecule has 0 fully saturated rings. The number of para-hydroxylation sites is 2. The highest BCUT2D eigenvalue weighted by atomic mass is 16.3. The first-order valence-electron chi connectivity index (χ1n) is 12.0. The average molecular weight is 449 g/mol. The number of rotatable bonds is 2. The molecule has 3 heteroatoms. The molecule has 0 N–H and O–H groups in total. The average Bonchev–Trinajstić information content (AvgIpc) is 3.34. The minimum atomic E-state index is 0.205. The quantitative estimate of drug-likeness (QED) is 0.250. The first kappa shape index (κ1) is 21.0. The lowest BCUT2D eigenvalue weighted by molar-refractivity contribution is -0.660. The van der Waals surface area contributed by atoms with Crippen LogP contribution in [-0.4, -0.2) is 0 Å². The summed E-state index contributed by atoms with van der Waals surface area (Å²) in [6.07, 6.45) is 3.27. The number of aromatic nitrogens is 1. The standard InChI is InChI=1S/C31H30NO2/c1-18-17-32(6)23(15-20(18)16-31(3,4)5)27-19(2)26-21-11-7-9-13-24(21)33-29(26)28-22-12-8-10-14-25(22)34-30(27)28/h7-15,17H,16H2,1-6H3/q+1. The van der Waals surface area contributed by atoms with Crippen molar-refractivity contribution in [1.29, 1.82) is 0 Å². The normalized spacial score (nSPS) is 12.5. The van der Waals surface area contributed by atoms with Gasteiger partial charge in [0.25, 0.3) is 0 Å². The molecular formula is C31H30NO2+. The van der Waals surface area contributed by atoms with Crippen molar-refractivity contribution in [2.45, 2.75) is 41.0 Å². The highest BCUT2D eigenvalue weighted by molar-refractivity contribution is 6.26. The van der Waals surface area contributed by atoms with E-state index < -0.39 is 0 Å². The molecule has 6 rings (SSSR count). The van der Waals surface area contributed by atoms with Gasteiger partial charge in [-0.1, -0.05) is 57.2 Å². The Morgan fingerprint density at radius 3 is 2.03 bits per heavy atom. The van der Waals surface area contributed by atoms with Crippen LogP contribution < -0.4 is 4.57 Å². The second-order valence-electron chi connectivity index (χ2n) is 10.8. The van der Waals surface area contributed by atoms with Crippen LogP contribution >= 0.6 is 0 Å². The van der Waals surface area contributed by atoms with Crippen molar-refractivity contribution in [3.8, 4) is 11.3 Å². The van der Waals surface area contributed by atoms with Crippen LogP contribution in [0.1, 0.15) is 37.5 Å². The Hall–Kier alpha value is -3.59. The molecule has 3 aromatic heterocycles. The predicted octanol–water partition coefficient (Wildman–Crippen LogP) is 8.18. The Morgan fingerprint density at radius 1 is 0.794 bits per heavy atom. The monoisotopic (exact) mass is 448 g/mol. The molecule has 170 valence electrons. The van der Waals surface area contributed by atoms with Crippen LogP contribution in [0.3, 0.4) is 0 Å². The summed E-state index contributed by atoms with van der Waals surface area (Å²) >= 11 is 0. The van der Waals surface area contributed by atoms with Crippen molar-refractivity contribution in [2.75, 3.05) is 0 Å². The number of hydrogen-bond donors (Lipinski definition) is 0. The van der Waals surface area contributed by atoms with Gasteiger partial charge in [0.2, 0.25) is 5.69 Å². The first-order chi connectivity index (χ1) is 16.2. The summed E-state index contributed by atoms with van der Waals surface area (Å²) in [5.41, 5.74) is 9.99. The fourth-order valence-electron chi connectivity index (χ4n) is 5.48. The van der Waals surface area contributed by atoms with Gasteiger partial charge in [-0.15, -0.1) is 0 Å². The Kier molecular flexibility index (Phi) is 4.44. The second-order valence-corrected chi connectivity index (χ2v) is 10.8. The Labute approximate surface area is 199 Å². The molecule has 0 saturated carbocycles. The molecule has 3 nitrogen and oxygen atoms in total. The van der Waals surface area contributed by atoms with Crippen molar-refractivity contribution in [1.82, 2.24) is 0 Å². The predicted molar refractivity (Wildman–Crippen MR) is 140 cm³/mol. The van der Waals surface area contributed by atoms with Crippen molar-refractivity contribution in [2.24, 2.45) is 12.5 Å². The van der Waals surface area contributed by atoms with Gasteiger partial charge in [0, 0.05) is 27.8 Å². The van der Waals surface area contributed by atoms with E-state index in [-0.39, 0.29) is 5.41 Å². The number of aryl methyl sites for hydroxylation is 3. The zero-order valence-electron chi connectivity index (χ0n) is 20.7. The maximum Gasteiger partial charge on any atom is 0.216 e. The lowest BCUT2D eigenvalue weighted by Gasteiger charge is -2.19. The molecule has 0 aliphatic rings. The summed E-state index contributed by atoms with van der Waals surface area (Å²) in [6.45, 7) is 11.3. The van der Waals surface area contributed by atoms with Gasteiger partial charge in [0.1, 0.15) is 23.8 Å². The van der Waals surface area contributed by atoms with Crippen molar-refractivity contribution < 1.29 is 13.4 Å². The van der Waals surface area contributed by atoms with E-state index in [4.69, 9.17) is 8.83 Å². The van der Waals surface area contributed by atoms with Crippen LogP contribution in [0.5, 0.6) is 0 Å². The molecule has 0 aliphatic heterocycles. The number of fused-ring (bicyclic) bond motifs is 7. The summed E-state index contributed by atoms with van der Waals surface area (Å²) < 4.78 is 15.3. The molecule has 0 atom stereocenters. The van der Waals surface area contributed by atoms with E-state index in [9.17, 15) is 0 Å². The third kappa shape index (κ3) is 3.07. The van der Waals surface area contributed by atoms with E-state index in [2.05, 4.69) is 88.8 Å². The van der Waals surface area contributed by atoms with Crippen molar-refractivity contribution >= 4 is 43.9 Å². The van der Waals surface area contributed by atoms with Crippen LogP contribution in [0, 0.1) is 19.3 Å². The summed E-state index contributed by atoms with van der Waals surface area (Å²) in [5.74, 6) is 0.